The van der Waals surface area contributed by atoms with Crippen LogP contribution in [0.4, 0.5) is 15.9 Å². The van der Waals surface area contributed by atoms with Crippen molar-refractivity contribution < 1.29 is 18.7 Å². The average Bonchev–Trinajstić information content (AvgIpc) is 3.12. The third-order valence-corrected chi connectivity index (χ3v) is 7.23. The molecule has 0 aliphatic carbocycles. The number of carbonyl (C=O) groups is 2. The summed E-state index contributed by atoms with van der Waals surface area (Å²) >= 11 is 0. The molecular formula is C32H32FN7O3. The first-order chi connectivity index (χ1) is 20.8. The SMILES string of the molecule is CC(C)Nc1ccc(-c2nn3c(c2C(=O)N[C@H]2N=C(c4ccccc4)c4ccccc4NC2=O)O[C@H](C)CCC3)c(F)n1. The van der Waals surface area contributed by atoms with Crippen LogP contribution in [-0.4, -0.2) is 50.6 Å². The number of pyridine rings is 1. The van der Waals surface area contributed by atoms with Crippen LogP contribution in [0, 0.1) is 5.95 Å². The molecule has 2 aromatic carbocycles. The van der Waals surface area contributed by atoms with Crippen LogP contribution in [0.3, 0.4) is 0 Å². The number of para-hydroxylation sites is 1. The van der Waals surface area contributed by atoms with E-state index in [4.69, 9.17) is 9.73 Å². The molecular weight excluding hydrogens is 549 g/mol. The van der Waals surface area contributed by atoms with Crippen molar-refractivity contribution in [3.8, 4) is 17.1 Å². The van der Waals surface area contributed by atoms with Crippen molar-refractivity contribution in [3.05, 3.63) is 89.4 Å². The van der Waals surface area contributed by atoms with Crippen LogP contribution in [0.15, 0.2) is 71.7 Å². The number of aliphatic imine (C=N–C) groups is 1. The number of aryl methyl sites for hydroxylation is 1. The van der Waals surface area contributed by atoms with Gasteiger partial charge < -0.3 is 20.7 Å². The number of aromatic nitrogens is 3. The molecule has 4 heterocycles. The van der Waals surface area contributed by atoms with Gasteiger partial charge in [-0.3, -0.25) is 9.59 Å². The molecule has 2 aliphatic heterocycles. The minimum Gasteiger partial charge on any atom is -0.474 e. The van der Waals surface area contributed by atoms with Crippen molar-refractivity contribution in [1.29, 1.82) is 0 Å². The Kier molecular flexibility index (Phi) is 7.62. The number of ether oxygens (including phenoxy) is 1. The number of benzene rings is 2. The maximum atomic E-state index is 15.5. The highest BCUT2D eigenvalue weighted by molar-refractivity contribution is 6.20. The summed E-state index contributed by atoms with van der Waals surface area (Å²) in [5.41, 5.74) is 2.76. The number of nitrogens with zero attached hydrogens (tertiary/aromatic N) is 4. The van der Waals surface area contributed by atoms with Crippen molar-refractivity contribution in [1.82, 2.24) is 20.1 Å². The summed E-state index contributed by atoms with van der Waals surface area (Å²) < 4.78 is 23.2. The Morgan fingerprint density at radius 2 is 1.84 bits per heavy atom. The zero-order valence-electron chi connectivity index (χ0n) is 24.1. The predicted molar refractivity (Wildman–Crippen MR) is 162 cm³/mol. The Morgan fingerprint density at radius 1 is 1.07 bits per heavy atom. The summed E-state index contributed by atoms with van der Waals surface area (Å²) in [6.45, 7) is 6.24. The van der Waals surface area contributed by atoms with Crippen molar-refractivity contribution >= 4 is 29.0 Å². The number of hydrogen-bond donors (Lipinski definition) is 3. The van der Waals surface area contributed by atoms with Gasteiger partial charge in [-0.15, -0.1) is 0 Å². The molecule has 43 heavy (non-hydrogen) atoms. The predicted octanol–water partition coefficient (Wildman–Crippen LogP) is 5.01. The molecule has 0 fully saturated rings. The molecule has 10 nitrogen and oxygen atoms in total. The van der Waals surface area contributed by atoms with Gasteiger partial charge in [0, 0.05) is 23.7 Å². The van der Waals surface area contributed by atoms with Gasteiger partial charge in [0.2, 0.25) is 18.0 Å². The monoisotopic (exact) mass is 581 g/mol. The number of amides is 2. The number of carbonyl (C=O) groups excluding carboxylic acids is 2. The van der Waals surface area contributed by atoms with Gasteiger partial charge in [0.25, 0.3) is 11.8 Å². The minimum absolute atomic E-state index is 0.0186. The van der Waals surface area contributed by atoms with E-state index in [1.807, 2.05) is 69.3 Å². The third-order valence-electron chi connectivity index (χ3n) is 7.23. The second kappa shape index (κ2) is 11.7. The largest absolute Gasteiger partial charge is 0.474 e. The van der Waals surface area contributed by atoms with Crippen LogP contribution in [-0.2, 0) is 11.3 Å². The van der Waals surface area contributed by atoms with E-state index in [0.717, 1.165) is 24.0 Å². The first-order valence-corrected chi connectivity index (χ1v) is 14.3. The molecule has 0 bridgehead atoms. The quantitative estimate of drug-likeness (QED) is 0.275. The van der Waals surface area contributed by atoms with Crippen molar-refractivity contribution in [2.24, 2.45) is 4.99 Å². The molecule has 6 rings (SSSR count). The van der Waals surface area contributed by atoms with E-state index in [2.05, 4.69) is 26.0 Å². The van der Waals surface area contributed by atoms with Gasteiger partial charge in [0.05, 0.1) is 23.1 Å². The Morgan fingerprint density at radius 3 is 2.60 bits per heavy atom. The number of hydrogen-bond acceptors (Lipinski definition) is 7. The summed E-state index contributed by atoms with van der Waals surface area (Å²) in [7, 11) is 0. The lowest BCUT2D eigenvalue weighted by Gasteiger charge is -2.16. The van der Waals surface area contributed by atoms with Crippen molar-refractivity contribution in [2.75, 3.05) is 10.6 Å². The Balaban J connectivity index is 1.42. The zero-order chi connectivity index (χ0) is 30.1. The number of anilines is 2. The second-order valence-electron chi connectivity index (χ2n) is 10.9. The van der Waals surface area contributed by atoms with Gasteiger partial charge in [-0.2, -0.15) is 9.49 Å². The van der Waals surface area contributed by atoms with Crippen molar-refractivity contribution in [2.45, 2.75) is 58.5 Å². The molecule has 0 saturated heterocycles. The summed E-state index contributed by atoms with van der Waals surface area (Å²) in [6.07, 6.45) is 0.0420. The van der Waals surface area contributed by atoms with E-state index in [1.54, 1.807) is 16.8 Å². The van der Waals surface area contributed by atoms with Crippen molar-refractivity contribution in [3.63, 3.8) is 0 Å². The molecule has 0 unspecified atom stereocenters. The average molecular weight is 582 g/mol. The molecule has 2 amide bonds. The fourth-order valence-electron chi connectivity index (χ4n) is 5.25. The fourth-order valence-corrected chi connectivity index (χ4v) is 5.25. The molecule has 3 N–H and O–H groups in total. The Hall–Kier alpha value is -5.06. The van der Waals surface area contributed by atoms with Gasteiger partial charge in [0.1, 0.15) is 17.1 Å². The van der Waals surface area contributed by atoms with Gasteiger partial charge in [-0.25, -0.2) is 14.7 Å². The number of nitrogens with one attached hydrogen (secondary N) is 3. The summed E-state index contributed by atoms with van der Waals surface area (Å²) in [5.74, 6) is -1.39. The number of rotatable bonds is 6. The summed E-state index contributed by atoms with van der Waals surface area (Å²) in [6, 6.07) is 20.0. The smallest absolute Gasteiger partial charge is 0.269 e. The summed E-state index contributed by atoms with van der Waals surface area (Å²) in [4.78, 5) is 36.3. The molecule has 220 valence electrons. The minimum atomic E-state index is -1.29. The first kappa shape index (κ1) is 28.1. The lowest BCUT2D eigenvalue weighted by Crippen LogP contribution is -2.42. The highest BCUT2D eigenvalue weighted by Gasteiger charge is 2.34. The van der Waals surface area contributed by atoms with E-state index < -0.39 is 23.9 Å². The number of fused-ring (bicyclic) bond motifs is 2. The van der Waals surface area contributed by atoms with E-state index >= 15 is 4.39 Å². The van der Waals surface area contributed by atoms with E-state index in [0.29, 0.717) is 23.8 Å². The van der Waals surface area contributed by atoms with Crippen LogP contribution < -0.4 is 20.7 Å². The molecule has 0 radical (unpaired) electrons. The topological polar surface area (TPSA) is 123 Å². The van der Waals surface area contributed by atoms with E-state index in [-0.39, 0.29) is 34.8 Å². The van der Waals surface area contributed by atoms with Crippen LogP contribution in [0.25, 0.3) is 11.3 Å². The normalized spacial score (nSPS) is 17.9. The van der Waals surface area contributed by atoms with Gasteiger partial charge in [0.15, 0.2) is 0 Å². The molecule has 11 heteroatoms. The van der Waals surface area contributed by atoms with Crippen LogP contribution in [0.1, 0.15) is 55.1 Å². The van der Waals surface area contributed by atoms with Crippen LogP contribution in [0.2, 0.25) is 0 Å². The number of halogens is 1. The highest BCUT2D eigenvalue weighted by atomic mass is 19.1. The van der Waals surface area contributed by atoms with Gasteiger partial charge in [-0.05, 0) is 51.8 Å². The molecule has 0 spiro atoms. The summed E-state index contributed by atoms with van der Waals surface area (Å²) in [5, 5.41) is 13.3. The molecule has 2 aliphatic rings. The van der Waals surface area contributed by atoms with E-state index in [9.17, 15) is 9.59 Å². The maximum absolute atomic E-state index is 15.5. The van der Waals surface area contributed by atoms with Crippen LogP contribution >= 0.6 is 0 Å². The fraction of sp³-hybridized carbons (Fsp3) is 0.281. The van der Waals surface area contributed by atoms with Gasteiger partial charge in [-0.1, -0.05) is 48.5 Å². The third kappa shape index (κ3) is 5.70. The lowest BCUT2D eigenvalue weighted by atomic mass is 10.0. The zero-order valence-corrected chi connectivity index (χ0v) is 24.1. The highest BCUT2D eigenvalue weighted by Crippen LogP contribution is 2.35. The lowest BCUT2D eigenvalue weighted by molar-refractivity contribution is -0.117. The number of benzodiazepines with no additional fused rings is 1. The molecule has 2 aromatic heterocycles. The van der Waals surface area contributed by atoms with Gasteiger partial charge >= 0.3 is 0 Å². The Labute approximate surface area is 248 Å². The first-order valence-electron chi connectivity index (χ1n) is 14.3. The maximum Gasteiger partial charge on any atom is 0.269 e. The van der Waals surface area contributed by atoms with Crippen LogP contribution in [0.5, 0.6) is 5.88 Å². The van der Waals surface area contributed by atoms with E-state index in [1.165, 1.54) is 6.07 Å². The molecule has 0 saturated carbocycles. The second-order valence-corrected chi connectivity index (χ2v) is 10.9. The molecule has 4 aromatic rings. The standard InChI is InChI=1S/C32H32FN7O3/c1-18(2)34-24-16-15-22(28(33)36-24)27-25(32-40(39-27)17-9-10-19(3)43-32)30(41)38-29-31(42)35-23-14-8-7-13-21(23)26(37-29)20-11-5-4-6-12-20/h4-8,11-16,18-19,29H,9-10,17H2,1-3H3,(H,34,36)(H,35,42)(H,38,41)/t19-,29-/m1/s1. The molecule has 2 atom stereocenters. The Bertz CT molecular complexity index is 1720.